The minimum Gasteiger partial charge on any atom is -0.293 e. The first-order valence-electron chi connectivity index (χ1n) is 8.84. The first-order chi connectivity index (χ1) is 11.7. The van der Waals surface area contributed by atoms with E-state index >= 15 is 0 Å². The van der Waals surface area contributed by atoms with E-state index in [-0.39, 0.29) is 5.91 Å². The predicted octanol–water partition coefficient (Wildman–Crippen LogP) is 3.46. The van der Waals surface area contributed by atoms with Crippen molar-refractivity contribution in [2.24, 2.45) is 0 Å². The summed E-state index contributed by atoms with van der Waals surface area (Å²) in [6, 6.07) is 4.12. The zero-order valence-corrected chi connectivity index (χ0v) is 14.0. The maximum atomic E-state index is 12.7. The van der Waals surface area contributed by atoms with Crippen LogP contribution in [0.3, 0.4) is 0 Å². The summed E-state index contributed by atoms with van der Waals surface area (Å²) in [5, 5.41) is 0. The number of hydrogen-bond donors (Lipinski definition) is 0. The smallest absolute Gasteiger partial charge is 0.228 e. The first kappa shape index (κ1) is 15.2. The fourth-order valence-corrected chi connectivity index (χ4v) is 3.89. The number of rotatable bonds is 2. The van der Waals surface area contributed by atoms with Crippen LogP contribution in [0.5, 0.6) is 0 Å². The molecule has 0 N–H and O–H groups in total. The van der Waals surface area contributed by atoms with Crippen LogP contribution in [0.15, 0.2) is 24.5 Å². The van der Waals surface area contributed by atoms with Gasteiger partial charge in [-0.15, -0.1) is 0 Å². The molecule has 5 heteroatoms. The predicted molar refractivity (Wildman–Crippen MR) is 92.7 cm³/mol. The van der Waals surface area contributed by atoms with E-state index in [1.807, 2.05) is 24.0 Å². The second kappa shape index (κ2) is 6.30. The van der Waals surface area contributed by atoms with Gasteiger partial charge < -0.3 is 0 Å². The molecule has 0 aromatic carbocycles. The molecule has 124 valence electrons. The third kappa shape index (κ3) is 2.68. The third-order valence-corrected chi connectivity index (χ3v) is 5.16. The summed E-state index contributed by atoms with van der Waals surface area (Å²) >= 11 is 0. The molecule has 1 saturated carbocycles. The summed E-state index contributed by atoms with van der Waals surface area (Å²) in [7, 11) is 0. The molecule has 3 heterocycles. The first-order valence-corrected chi connectivity index (χ1v) is 8.84. The molecule has 1 amide bonds. The van der Waals surface area contributed by atoms with E-state index in [2.05, 4.69) is 9.97 Å². The monoisotopic (exact) mass is 322 g/mol. The minimum absolute atomic E-state index is 0.216. The van der Waals surface area contributed by atoms with E-state index in [4.69, 9.17) is 4.98 Å². The Balaban J connectivity index is 1.80. The molecule has 1 fully saturated rings. The molecular formula is C19H22N4O. The van der Waals surface area contributed by atoms with E-state index in [1.165, 1.54) is 19.3 Å². The molecule has 2 aliphatic rings. The van der Waals surface area contributed by atoms with Crippen molar-refractivity contribution < 1.29 is 4.79 Å². The number of aryl methyl sites for hydroxylation is 1. The van der Waals surface area contributed by atoms with Gasteiger partial charge in [0.05, 0.1) is 0 Å². The van der Waals surface area contributed by atoms with Gasteiger partial charge in [0.2, 0.25) is 5.91 Å². The topological polar surface area (TPSA) is 59.0 Å². The number of carbonyl (C=O) groups is 1. The summed E-state index contributed by atoms with van der Waals surface area (Å²) in [5.74, 6) is 1.75. The summed E-state index contributed by atoms with van der Waals surface area (Å²) in [6.07, 6.45) is 10.7. The molecule has 1 aliphatic carbocycles. The average Bonchev–Trinajstić information content (AvgIpc) is 2.63. The van der Waals surface area contributed by atoms with Crippen molar-refractivity contribution in [3.05, 3.63) is 35.8 Å². The molecule has 5 nitrogen and oxygen atoms in total. The quantitative estimate of drug-likeness (QED) is 0.849. The lowest BCUT2D eigenvalue weighted by atomic mass is 9.91. The highest BCUT2D eigenvalue weighted by atomic mass is 16.2. The molecule has 1 aliphatic heterocycles. The number of fused-ring (bicyclic) bond motifs is 1. The summed E-state index contributed by atoms with van der Waals surface area (Å²) in [5.41, 5.74) is 3.07. The Hall–Kier alpha value is -2.30. The molecule has 0 atom stereocenters. The molecule has 2 aromatic rings. The average molecular weight is 322 g/mol. The Morgan fingerprint density at radius 2 is 1.79 bits per heavy atom. The van der Waals surface area contributed by atoms with Gasteiger partial charge in [-0.2, -0.15) is 0 Å². The Labute approximate surface area is 142 Å². The lowest BCUT2D eigenvalue weighted by molar-refractivity contribution is -0.119. The van der Waals surface area contributed by atoms with Crippen molar-refractivity contribution in [2.45, 2.75) is 57.9 Å². The van der Waals surface area contributed by atoms with E-state index in [0.717, 1.165) is 41.9 Å². The maximum absolute atomic E-state index is 12.7. The van der Waals surface area contributed by atoms with Crippen molar-refractivity contribution in [3.63, 3.8) is 0 Å². The van der Waals surface area contributed by atoms with Crippen molar-refractivity contribution in [2.75, 3.05) is 4.90 Å². The molecule has 0 unspecified atom stereocenters. The van der Waals surface area contributed by atoms with E-state index in [0.29, 0.717) is 18.3 Å². The Kier molecular flexibility index (Phi) is 4.00. The molecular weight excluding hydrogens is 300 g/mol. The van der Waals surface area contributed by atoms with Gasteiger partial charge in [-0.1, -0.05) is 19.3 Å². The molecule has 4 rings (SSSR count). The van der Waals surface area contributed by atoms with Gasteiger partial charge in [-0.25, -0.2) is 9.97 Å². The van der Waals surface area contributed by atoms with Gasteiger partial charge >= 0.3 is 0 Å². The van der Waals surface area contributed by atoms with Gasteiger partial charge in [-0.05, 0) is 38.3 Å². The number of carbonyl (C=O) groups excluding carboxylic acids is 1. The van der Waals surface area contributed by atoms with Gasteiger partial charge in [0.15, 0.2) is 5.82 Å². The second-order valence-corrected chi connectivity index (χ2v) is 6.73. The number of hydrogen-bond acceptors (Lipinski definition) is 4. The van der Waals surface area contributed by atoms with E-state index in [1.54, 1.807) is 12.4 Å². The minimum atomic E-state index is 0.216. The van der Waals surface area contributed by atoms with Crippen LogP contribution >= 0.6 is 0 Å². The standard InChI is InChI=1S/C19H22N4O/c1-13-16-7-8-17(24)23(15-5-3-2-4-6-15)19(16)22-18(21-13)14-9-11-20-12-10-14/h9-12,15H,2-8H2,1H3. The van der Waals surface area contributed by atoms with Gasteiger partial charge in [0.1, 0.15) is 5.82 Å². The largest absolute Gasteiger partial charge is 0.293 e. The molecule has 0 spiro atoms. The van der Waals surface area contributed by atoms with Crippen LogP contribution in [0.2, 0.25) is 0 Å². The lowest BCUT2D eigenvalue weighted by Crippen LogP contribution is -2.45. The number of anilines is 1. The van der Waals surface area contributed by atoms with Gasteiger partial charge in [-0.3, -0.25) is 14.7 Å². The highest BCUT2D eigenvalue weighted by Crippen LogP contribution is 2.35. The Morgan fingerprint density at radius 1 is 1.04 bits per heavy atom. The molecule has 0 bridgehead atoms. The Bertz CT molecular complexity index is 753. The zero-order chi connectivity index (χ0) is 16.5. The van der Waals surface area contributed by atoms with Crippen LogP contribution in [-0.2, 0) is 11.2 Å². The normalized spacial score (nSPS) is 18.5. The van der Waals surface area contributed by atoms with Gasteiger partial charge in [0.25, 0.3) is 0 Å². The third-order valence-electron chi connectivity index (χ3n) is 5.16. The Morgan fingerprint density at radius 3 is 2.54 bits per heavy atom. The van der Waals surface area contributed by atoms with Crippen molar-refractivity contribution >= 4 is 11.7 Å². The molecule has 2 aromatic heterocycles. The van der Waals surface area contributed by atoms with Crippen LogP contribution in [0, 0.1) is 6.92 Å². The maximum Gasteiger partial charge on any atom is 0.228 e. The van der Waals surface area contributed by atoms with Crippen LogP contribution < -0.4 is 4.90 Å². The highest BCUT2D eigenvalue weighted by molar-refractivity contribution is 5.96. The van der Waals surface area contributed by atoms with Crippen LogP contribution in [0.4, 0.5) is 5.82 Å². The van der Waals surface area contributed by atoms with Crippen molar-refractivity contribution in [1.29, 1.82) is 0 Å². The summed E-state index contributed by atoms with van der Waals surface area (Å²) < 4.78 is 0. The molecule has 0 radical (unpaired) electrons. The van der Waals surface area contributed by atoms with Gasteiger partial charge in [0, 0.05) is 41.7 Å². The highest BCUT2D eigenvalue weighted by Gasteiger charge is 2.33. The number of aromatic nitrogens is 3. The van der Waals surface area contributed by atoms with E-state index < -0.39 is 0 Å². The summed E-state index contributed by atoms with van der Waals surface area (Å²) in [4.78, 5) is 28.2. The van der Waals surface area contributed by atoms with Crippen LogP contribution in [-0.4, -0.2) is 26.9 Å². The number of amides is 1. The van der Waals surface area contributed by atoms with Crippen molar-refractivity contribution in [3.8, 4) is 11.4 Å². The zero-order valence-electron chi connectivity index (χ0n) is 14.0. The lowest BCUT2D eigenvalue weighted by Gasteiger charge is -2.37. The molecule has 0 saturated heterocycles. The number of nitrogens with zero attached hydrogens (tertiary/aromatic N) is 4. The fraction of sp³-hybridized carbons (Fsp3) is 0.474. The van der Waals surface area contributed by atoms with E-state index in [9.17, 15) is 4.79 Å². The second-order valence-electron chi connectivity index (χ2n) is 6.73. The van der Waals surface area contributed by atoms with Crippen LogP contribution in [0.25, 0.3) is 11.4 Å². The number of pyridine rings is 1. The SMILES string of the molecule is Cc1nc(-c2ccncc2)nc2c1CCC(=O)N2C1CCCCC1. The van der Waals surface area contributed by atoms with Crippen molar-refractivity contribution in [1.82, 2.24) is 15.0 Å². The van der Waals surface area contributed by atoms with Crippen LogP contribution in [0.1, 0.15) is 49.8 Å². The fourth-order valence-electron chi connectivity index (χ4n) is 3.89. The molecule has 24 heavy (non-hydrogen) atoms. The summed E-state index contributed by atoms with van der Waals surface area (Å²) in [6.45, 7) is 2.03.